The zero-order chi connectivity index (χ0) is 16.5. The Morgan fingerprint density at radius 2 is 2.21 bits per heavy atom. The summed E-state index contributed by atoms with van der Waals surface area (Å²) in [6, 6.07) is 4.64. The molecule has 0 N–H and O–H groups in total. The maximum absolute atomic E-state index is 14.1. The van der Waals surface area contributed by atoms with Crippen LogP contribution in [-0.4, -0.2) is 32.6 Å². The van der Waals surface area contributed by atoms with Crippen LogP contribution in [0.5, 0.6) is 5.75 Å². The Balaban J connectivity index is 1.68. The van der Waals surface area contributed by atoms with Gasteiger partial charge in [-0.05, 0) is 31.9 Å². The van der Waals surface area contributed by atoms with Crippen molar-refractivity contribution >= 4 is 11.0 Å². The highest BCUT2D eigenvalue weighted by Gasteiger charge is 2.18. The monoisotopic (exact) mass is 328 g/mol. The Hall–Kier alpha value is -2.54. The maximum Gasteiger partial charge on any atom is 0.199 e. The second kappa shape index (κ2) is 6.16. The first-order chi connectivity index (χ1) is 11.7. The van der Waals surface area contributed by atoms with Gasteiger partial charge < -0.3 is 9.47 Å². The molecular weight excluding hydrogens is 311 g/mol. The minimum Gasteiger partial charge on any atom is -0.462 e. The summed E-state index contributed by atoms with van der Waals surface area (Å²) in [4.78, 5) is 8.54. The van der Waals surface area contributed by atoms with Crippen molar-refractivity contribution in [2.45, 2.75) is 32.5 Å². The number of hydrogen-bond acceptors (Lipinski definition) is 5. The van der Waals surface area contributed by atoms with Gasteiger partial charge >= 0.3 is 0 Å². The highest BCUT2D eigenvalue weighted by Crippen LogP contribution is 2.26. The second-order valence-corrected chi connectivity index (χ2v) is 5.77. The molecule has 1 atom stereocenters. The summed E-state index contributed by atoms with van der Waals surface area (Å²) in [7, 11) is 0. The summed E-state index contributed by atoms with van der Waals surface area (Å²) < 4.78 is 27.0. The first-order valence-corrected chi connectivity index (χ1v) is 7.96. The van der Waals surface area contributed by atoms with E-state index < -0.39 is 12.1 Å². The van der Waals surface area contributed by atoms with E-state index in [1.54, 1.807) is 29.2 Å². The fourth-order valence-electron chi connectivity index (χ4n) is 2.78. The number of aryl methyl sites for hydroxylation is 1. The van der Waals surface area contributed by atoms with Crippen molar-refractivity contribution in [1.82, 2.24) is 19.7 Å². The number of aromatic nitrogens is 4. The van der Waals surface area contributed by atoms with Gasteiger partial charge in [0, 0.05) is 12.5 Å². The van der Waals surface area contributed by atoms with E-state index in [1.807, 2.05) is 6.92 Å². The van der Waals surface area contributed by atoms with E-state index in [-0.39, 0.29) is 5.75 Å². The summed E-state index contributed by atoms with van der Waals surface area (Å²) in [5, 5.41) is 4.33. The lowest BCUT2D eigenvalue weighted by Gasteiger charge is -2.23. The molecule has 0 bridgehead atoms. The van der Waals surface area contributed by atoms with Gasteiger partial charge in [-0.3, -0.25) is 0 Å². The second-order valence-electron chi connectivity index (χ2n) is 5.77. The number of nitrogens with zero attached hydrogens (tertiary/aromatic N) is 4. The summed E-state index contributed by atoms with van der Waals surface area (Å²) in [5.74, 6) is 0.423. The Morgan fingerprint density at radius 3 is 3.04 bits per heavy atom. The molecule has 3 aromatic rings. The van der Waals surface area contributed by atoms with E-state index in [0.717, 1.165) is 30.3 Å². The predicted molar refractivity (Wildman–Crippen MR) is 85.6 cm³/mol. The Bertz CT molecular complexity index is 874. The van der Waals surface area contributed by atoms with E-state index in [9.17, 15) is 4.39 Å². The van der Waals surface area contributed by atoms with E-state index in [0.29, 0.717) is 18.1 Å². The van der Waals surface area contributed by atoms with Crippen LogP contribution in [0.25, 0.3) is 16.7 Å². The quantitative estimate of drug-likeness (QED) is 0.739. The van der Waals surface area contributed by atoms with E-state index in [4.69, 9.17) is 9.47 Å². The van der Waals surface area contributed by atoms with Crippen LogP contribution in [-0.2, 0) is 4.74 Å². The lowest BCUT2D eigenvalue weighted by atomic mass is 10.2. The highest BCUT2D eigenvalue weighted by atomic mass is 19.1. The number of rotatable bonds is 3. The molecule has 0 radical (unpaired) electrons. The standard InChI is InChI=1S/C17H17FN4O2/c1-11-19-10-15-14(21-11)9-20-22(15)12-5-6-13(18)16(8-12)24-17-4-2-3-7-23-17/h5-6,8-10,17H,2-4,7H2,1H3. The van der Waals surface area contributed by atoms with Crippen LogP contribution in [0.15, 0.2) is 30.6 Å². The molecule has 4 rings (SSSR count). The minimum atomic E-state index is -0.420. The molecule has 6 nitrogen and oxygen atoms in total. The molecule has 1 aromatic carbocycles. The van der Waals surface area contributed by atoms with Gasteiger partial charge in [0.25, 0.3) is 0 Å². The number of fused-ring (bicyclic) bond motifs is 1. The van der Waals surface area contributed by atoms with Gasteiger partial charge in [0.05, 0.1) is 24.7 Å². The molecule has 1 unspecified atom stereocenters. The molecule has 124 valence electrons. The van der Waals surface area contributed by atoms with Gasteiger partial charge in [0.15, 0.2) is 17.9 Å². The largest absolute Gasteiger partial charge is 0.462 e. The molecule has 0 saturated carbocycles. The third kappa shape index (κ3) is 2.82. The van der Waals surface area contributed by atoms with Gasteiger partial charge in [-0.25, -0.2) is 19.0 Å². The number of halogens is 1. The van der Waals surface area contributed by atoms with Crippen LogP contribution >= 0.6 is 0 Å². The van der Waals surface area contributed by atoms with Crippen LogP contribution in [0.1, 0.15) is 25.1 Å². The zero-order valence-electron chi connectivity index (χ0n) is 13.3. The lowest BCUT2D eigenvalue weighted by molar-refractivity contribution is -0.107. The van der Waals surface area contributed by atoms with Gasteiger partial charge in [0.2, 0.25) is 0 Å². The molecule has 0 aliphatic carbocycles. The number of ether oxygens (including phenoxy) is 2. The normalized spacial score (nSPS) is 18.0. The van der Waals surface area contributed by atoms with Gasteiger partial charge in [0.1, 0.15) is 16.9 Å². The highest BCUT2D eigenvalue weighted by molar-refractivity contribution is 5.75. The molecule has 2 aromatic heterocycles. The van der Waals surface area contributed by atoms with Gasteiger partial charge in [-0.1, -0.05) is 0 Å². The van der Waals surface area contributed by atoms with Crippen molar-refractivity contribution in [2.24, 2.45) is 0 Å². The molecule has 3 heterocycles. The first kappa shape index (κ1) is 15.0. The average Bonchev–Trinajstić information content (AvgIpc) is 3.01. The molecule has 1 aliphatic rings. The summed E-state index contributed by atoms with van der Waals surface area (Å²) in [5.41, 5.74) is 2.18. The van der Waals surface area contributed by atoms with Crippen LogP contribution in [0.3, 0.4) is 0 Å². The van der Waals surface area contributed by atoms with E-state index in [1.165, 1.54) is 6.07 Å². The van der Waals surface area contributed by atoms with Crippen LogP contribution in [0.2, 0.25) is 0 Å². The summed E-state index contributed by atoms with van der Waals surface area (Å²) in [6.45, 7) is 2.47. The smallest absolute Gasteiger partial charge is 0.199 e. The molecule has 24 heavy (non-hydrogen) atoms. The fourth-order valence-corrected chi connectivity index (χ4v) is 2.78. The van der Waals surface area contributed by atoms with Crippen molar-refractivity contribution in [2.75, 3.05) is 6.61 Å². The number of hydrogen-bond donors (Lipinski definition) is 0. The van der Waals surface area contributed by atoms with Crippen LogP contribution < -0.4 is 4.74 Å². The van der Waals surface area contributed by atoms with E-state index in [2.05, 4.69) is 15.1 Å². The fraction of sp³-hybridized carbons (Fsp3) is 0.353. The zero-order valence-corrected chi connectivity index (χ0v) is 13.3. The molecular formula is C17H17FN4O2. The van der Waals surface area contributed by atoms with Crippen LogP contribution in [0.4, 0.5) is 4.39 Å². The number of benzene rings is 1. The lowest BCUT2D eigenvalue weighted by Crippen LogP contribution is -2.25. The minimum absolute atomic E-state index is 0.163. The predicted octanol–water partition coefficient (Wildman–Crippen LogP) is 3.17. The Labute approximate surface area is 138 Å². The van der Waals surface area contributed by atoms with Crippen molar-refractivity contribution in [1.29, 1.82) is 0 Å². The van der Waals surface area contributed by atoms with Crippen molar-refractivity contribution in [3.63, 3.8) is 0 Å². The third-order valence-corrected chi connectivity index (χ3v) is 4.00. The first-order valence-electron chi connectivity index (χ1n) is 7.96. The topological polar surface area (TPSA) is 62.1 Å². The maximum atomic E-state index is 14.1. The molecule has 1 saturated heterocycles. The SMILES string of the molecule is Cc1ncc2c(cnn2-c2ccc(F)c(OC3CCCCO3)c2)n1. The molecule has 1 fully saturated rings. The summed E-state index contributed by atoms with van der Waals surface area (Å²) >= 11 is 0. The average molecular weight is 328 g/mol. The van der Waals surface area contributed by atoms with Gasteiger partial charge in [-0.2, -0.15) is 5.10 Å². The third-order valence-electron chi connectivity index (χ3n) is 4.00. The van der Waals surface area contributed by atoms with E-state index >= 15 is 0 Å². The molecule has 0 spiro atoms. The summed E-state index contributed by atoms with van der Waals surface area (Å²) in [6.07, 6.45) is 5.77. The Morgan fingerprint density at radius 1 is 1.29 bits per heavy atom. The van der Waals surface area contributed by atoms with Crippen molar-refractivity contribution in [3.05, 3.63) is 42.2 Å². The van der Waals surface area contributed by atoms with Gasteiger partial charge in [-0.15, -0.1) is 0 Å². The Kier molecular flexibility index (Phi) is 3.86. The van der Waals surface area contributed by atoms with Crippen molar-refractivity contribution < 1.29 is 13.9 Å². The molecule has 0 amide bonds. The van der Waals surface area contributed by atoms with Crippen molar-refractivity contribution in [3.8, 4) is 11.4 Å². The van der Waals surface area contributed by atoms with Crippen LogP contribution in [0, 0.1) is 12.7 Å². The molecule has 1 aliphatic heterocycles. The molecule has 7 heteroatoms.